The van der Waals surface area contributed by atoms with Gasteiger partial charge < -0.3 is 19.7 Å². The molecule has 1 saturated heterocycles. The lowest BCUT2D eigenvalue weighted by Crippen LogP contribution is -2.44. The van der Waals surface area contributed by atoms with E-state index in [1.807, 2.05) is 6.07 Å². The summed E-state index contributed by atoms with van der Waals surface area (Å²) in [5.74, 6) is -0.445. The lowest BCUT2D eigenvalue weighted by Gasteiger charge is -2.30. The minimum atomic E-state index is -0.644. The number of halogens is 3. The summed E-state index contributed by atoms with van der Waals surface area (Å²) in [6.45, 7) is 1.45. The van der Waals surface area contributed by atoms with Crippen LogP contribution in [0.4, 0.5) is 4.39 Å². The Labute approximate surface area is 220 Å². The van der Waals surface area contributed by atoms with Crippen LogP contribution in [0.5, 0.6) is 11.5 Å². The first kappa shape index (κ1) is 25.2. The van der Waals surface area contributed by atoms with Crippen molar-refractivity contribution in [2.45, 2.75) is 37.5 Å². The smallest absolute Gasteiger partial charge is 0.260 e. The van der Waals surface area contributed by atoms with Crippen molar-refractivity contribution in [3.63, 3.8) is 0 Å². The number of hydrogen-bond acceptors (Lipinski definition) is 4. The zero-order valence-electron chi connectivity index (χ0n) is 20.3. The lowest BCUT2D eigenvalue weighted by atomic mass is 9.80. The Morgan fingerprint density at radius 3 is 2.56 bits per heavy atom. The number of fused-ring (bicyclic) bond motifs is 1. The van der Waals surface area contributed by atoms with Crippen LogP contribution in [0, 0.1) is 17.2 Å². The van der Waals surface area contributed by atoms with E-state index in [-0.39, 0.29) is 28.6 Å². The second-order valence-electron chi connectivity index (χ2n) is 10.2. The molecule has 0 unspecified atom stereocenters. The summed E-state index contributed by atoms with van der Waals surface area (Å²) < 4.78 is 25.4. The number of likely N-dealkylation sites (tertiary alicyclic amines) is 1. The molecule has 0 spiro atoms. The van der Waals surface area contributed by atoms with E-state index in [2.05, 4.69) is 5.32 Å². The van der Waals surface area contributed by atoms with Crippen molar-refractivity contribution < 1.29 is 23.5 Å². The molecule has 2 aromatic carbocycles. The Kier molecular flexibility index (Phi) is 6.58. The van der Waals surface area contributed by atoms with Gasteiger partial charge in [0, 0.05) is 25.0 Å². The van der Waals surface area contributed by atoms with Gasteiger partial charge in [0.2, 0.25) is 5.91 Å². The van der Waals surface area contributed by atoms with Crippen molar-refractivity contribution >= 4 is 35.0 Å². The highest BCUT2D eigenvalue weighted by atomic mass is 35.5. The molecule has 2 saturated carbocycles. The zero-order chi connectivity index (χ0) is 25.7. The van der Waals surface area contributed by atoms with E-state index in [0.29, 0.717) is 35.4 Å². The van der Waals surface area contributed by atoms with Crippen LogP contribution in [0.25, 0.3) is 0 Å². The van der Waals surface area contributed by atoms with Gasteiger partial charge in [0.15, 0.2) is 11.5 Å². The van der Waals surface area contributed by atoms with Crippen LogP contribution in [0.3, 0.4) is 0 Å². The van der Waals surface area contributed by atoms with Crippen molar-refractivity contribution in [3.8, 4) is 11.5 Å². The molecule has 0 bridgehead atoms. The van der Waals surface area contributed by atoms with Crippen LogP contribution in [0.1, 0.15) is 48.0 Å². The normalized spacial score (nSPS) is 23.8. The van der Waals surface area contributed by atoms with Gasteiger partial charge in [-0.05, 0) is 61.4 Å². The maximum atomic E-state index is 14.8. The third-order valence-electron chi connectivity index (χ3n) is 8.29. The van der Waals surface area contributed by atoms with E-state index in [4.69, 9.17) is 32.7 Å². The minimum Gasteiger partial charge on any atom is -0.493 e. The average molecular weight is 535 g/mol. The summed E-state index contributed by atoms with van der Waals surface area (Å²) in [4.78, 5) is 28.5. The molecular weight excluding hydrogens is 506 g/mol. The predicted octanol–water partition coefficient (Wildman–Crippen LogP) is 5.24. The molecule has 2 amide bonds. The Hall–Kier alpha value is -2.51. The molecule has 9 heteroatoms. The molecule has 6 nitrogen and oxygen atoms in total. The van der Waals surface area contributed by atoms with Crippen LogP contribution in [-0.2, 0) is 10.2 Å². The summed E-state index contributed by atoms with van der Waals surface area (Å²) in [6, 6.07) is 8.04. The number of carbonyl (C=O) groups is 2. The average Bonchev–Trinajstić information content (AvgIpc) is 3.47. The first-order valence-corrected chi connectivity index (χ1v) is 12.9. The fourth-order valence-corrected chi connectivity index (χ4v) is 6.41. The summed E-state index contributed by atoms with van der Waals surface area (Å²) >= 11 is 12.3. The first-order valence-electron chi connectivity index (χ1n) is 12.2. The topological polar surface area (TPSA) is 67.9 Å². The maximum Gasteiger partial charge on any atom is 0.260 e. The van der Waals surface area contributed by atoms with E-state index in [9.17, 15) is 14.0 Å². The number of carbonyl (C=O) groups excluding carboxylic acids is 2. The van der Waals surface area contributed by atoms with Gasteiger partial charge in [-0.2, -0.15) is 0 Å². The van der Waals surface area contributed by atoms with Gasteiger partial charge in [-0.1, -0.05) is 35.7 Å². The Bertz CT molecular complexity index is 1220. The second kappa shape index (κ2) is 9.42. The van der Waals surface area contributed by atoms with Crippen molar-refractivity contribution in [1.29, 1.82) is 0 Å². The molecule has 0 aromatic heterocycles. The molecule has 2 atom stereocenters. The molecule has 5 rings (SSSR count). The third kappa shape index (κ3) is 4.10. The number of hydrogen-bond donors (Lipinski definition) is 1. The number of benzene rings is 2. The monoisotopic (exact) mass is 534 g/mol. The van der Waals surface area contributed by atoms with E-state index in [1.165, 1.54) is 26.4 Å². The quantitative estimate of drug-likeness (QED) is 0.527. The molecule has 0 radical (unpaired) electrons. The van der Waals surface area contributed by atoms with Crippen LogP contribution in [-0.4, -0.2) is 50.6 Å². The van der Waals surface area contributed by atoms with Gasteiger partial charge in [-0.3, -0.25) is 9.59 Å². The molecule has 3 fully saturated rings. The molecular formula is C27H29Cl2FN2O4. The van der Waals surface area contributed by atoms with Gasteiger partial charge in [-0.15, -0.1) is 0 Å². The summed E-state index contributed by atoms with van der Waals surface area (Å²) in [5.41, 5.74) is -0.0579. The molecule has 192 valence electrons. The summed E-state index contributed by atoms with van der Waals surface area (Å²) in [5, 5.41) is 4.10. The Balaban J connectivity index is 1.33. The Morgan fingerprint density at radius 1 is 1.11 bits per heavy atom. The molecule has 36 heavy (non-hydrogen) atoms. The highest BCUT2D eigenvalue weighted by Crippen LogP contribution is 2.51. The molecule has 2 aliphatic carbocycles. The standard InChI is InChI=1S/C27H29Cl2FN2O4/c1-35-21-8-7-20(30)22(23(21)36-2)24(33)32-13-17-4-3-9-26(17,15-32)14-31-25(34)27(10-11-27)16-5-6-18(28)19(29)12-16/h5-8,12,17H,3-4,9-11,13-15H2,1-2H3,(H,31,34)/t17-,26-/m0/s1. The van der Waals surface area contributed by atoms with E-state index in [0.717, 1.165) is 37.7 Å². The number of rotatable bonds is 7. The lowest BCUT2D eigenvalue weighted by molar-refractivity contribution is -0.124. The Morgan fingerprint density at radius 2 is 1.89 bits per heavy atom. The first-order chi connectivity index (χ1) is 17.2. The van der Waals surface area contributed by atoms with Crippen LogP contribution < -0.4 is 14.8 Å². The van der Waals surface area contributed by atoms with Crippen molar-refractivity contribution in [1.82, 2.24) is 10.2 Å². The predicted molar refractivity (Wildman–Crippen MR) is 136 cm³/mol. The number of nitrogens with zero attached hydrogens (tertiary/aromatic N) is 1. The SMILES string of the molecule is COc1ccc(F)c(C(=O)N2C[C@@H]3CCC[C@]3(CNC(=O)C3(c4ccc(Cl)c(Cl)c4)CC3)C2)c1OC. The highest BCUT2D eigenvalue weighted by molar-refractivity contribution is 6.42. The van der Waals surface area contributed by atoms with E-state index >= 15 is 0 Å². The molecule has 3 aliphatic rings. The van der Waals surface area contributed by atoms with Crippen molar-refractivity contribution in [2.24, 2.45) is 11.3 Å². The maximum absolute atomic E-state index is 14.8. The number of nitrogens with one attached hydrogen (secondary N) is 1. The molecule has 1 N–H and O–H groups in total. The third-order valence-corrected chi connectivity index (χ3v) is 9.03. The highest BCUT2D eigenvalue weighted by Gasteiger charge is 2.54. The molecule has 1 aliphatic heterocycles. The fraction of sp³-hybridized carbons (Fsp3) is 0.481. The van der Waals surface area contributed by atoms with Crippen molar-refractivity contribution in [3.05, 3.63) is 57.3 Å². The van der Waals surface area contributed by atoms with Crippen LogP contribution in [0.2, 0.25) is 10.0 Å². The number of methoxy groups -OCH3 is 2. The number of amides is 2. The number of ether oxygens (including phenoxy) is 2. The second-order valence-corrected chi connectivity index (χ2v) is 11.0. The van der Waals surface area contributed by atoms with Crippen molar-refractivity contribution in [2.75, 3.05) is 33.9 Å². The largest absolute Gasteiger partial charge is 0.493 e. The van der Waals surface area contributed by atoms with Gasteiger partial charge >= 0.3 is 0 Å². The van der Waals surface area contributed by atoms with Crippen LogP contribution >= 0.6 is 23.2 Å². The minimum absolute atomic E-state index is 0.0220. The van der Waals surface area contributed by atoms with E-state index < -0.39 is 17.1 Å². The van der Waals surface area contributed by atoms with Gasteiger partial charge in [0.1, 0.15) is 11.4 Å². The van der Waals surface area contributed by atoms with Gasteiger partial charge in [0.05, 0.1) is 29.7 Å². The summed E-state index contributed by atoms with van der Waals surface area (Å²) in [6.07, 6.45) is 4.42. The summed E-state index contributed by atoms with van der Waals surface area (Å²) in [7, 11) is 2.85. The van der Waals surface area contributed by atoms with Gasteiger partial charge in [0.25, 0.3) is 5.91 Å². The zero-order valence-corrected chi connectivity index (χ0v) is 21.8. The van der Waals surface area contributed by atoms with Gasteiger partial charge in [-0.25, -0.2) is 4.39 Å². The van der Waals surface area contributed by atoms with Crippen LogP contribution in [0.15, 0.2) is 30.3 Å². The fourth-order valence-electron chi connectivity index (χ4n) is 6.11. The van der Waals surface area contributed by atoms with E-state index in [1.54, 1.807) is 17.0 Å². The molecule has 2 aromatic rings. The molecule has 1 heterocycles.